The average Bonchev–Trinajstić information content (AvgIpc) is 3.04. The Bertz CT molecular complexity index is 666. The number of aryl methyl sites for hydroxylation is 1. The van der Waals surface area contributed by atoms with Gasteiger partial charge in [-0.05, 0) is 25.8 Å². The molecular formula is C16H21N5O. The van der Waals surface area contributed by atoms with Crippen molar-refractivity contribution in [3.63, 3.8) is 0 Å². The van der Waals surface area contributed by atoms with Crippen molar-refractivity contribution in [3.8, 4) is 11.4 Å². The van der Waals surface area contributed by atoms with Gasteiger partial charge in [0.1, 0.15) is 5.69 Å². The summed E-state index contributed by atoms with van der Waals surface area (Å²) in [5.41, 5.74) is 2.79. The molecule has 1 fully saturated rings. The van der Waals surface area contributed by atoms with Gasteiger partial charge in [0.2, 0.25) is 5.91 Å². The highest BCUT2D eigenvalue weighted by molar-refractivity contribution is 5.73. The summed E-state index contributed by atoms with van der Waals surface area (Å²) < 4.78 is 1.91. The Balaban J connectivity index is 1.86. The van der Waals surface area contributed by atoms with Gasteiger partial charge in [0.15, 0.2) is 0 Å². The maximum atomic E-state index is 11.6. The standard InChI is InChI=1S/C16H21N5O/c1-3-21-16(6-7-18-21)15-10-17-9-14(19-15)13-5-4-8-20(11-13)12(2)22/h6-7,9-10,13H,3-5,8,11H2,1-2H3. The molecule has 2 aromatic heterocycles. The summed E-state index contributed by atoms with van der Waals surface area (Å²) in [6, 6.07) is 1.96. The highest BCUT2D eigenvalue weighted by Crippen LogP contribution is 2.27. The normalized spacial score (nSPS) is 18.5. The molecule has 0 spiro atoms. The summed E-state index contributed by atoms with van der Waals surface area (Å²) in [5, 5.41) is 4.28. The van der Waals surface area contributed by atoms with Crippen LogP contribution in [0.3, 0.4) is 0 Å². The van der Waals surface area contributed by atoms with Crippen LogP contribution in [0.2, 0.25) is 0 Å². The Morgan fingerprint density at radius 2 is 2.27 bits per heavy atom. The smallest absolute Gasteiger partial charge is 0.219 e. The Hall–Kier alpha value is -2.24. The van der Waals surface area contributed by atoms with E-state index in [4.69, 9.17) is 4.98 Å². The number of hydrogen-bond acceptors (Lipinski definition) is 4. The first kappa shape index (κ1) is 14.7. The second-order valence-electron chi connectivity index (χ2n) is 5.67. The molecule has 3 heterocycles. The van der Waals surface area contributed by atoms with E-state index in [0.29, 0.717) is 0 Å². The van der Waals surface area contributed by atoms with Crippen LogP contribution in [0.5, 0.6) is 0 Å². The van der Waals surface area contributed by atoms with Crippen LogP contribution >= 0.6 is 0 Å². The molecule has 116 valence electrons. The third-order valence-corrected chi connectivity index (χ3v) is 4.22. The molecule has 1 atom stereocenters. The van der Waals surface area contributed by atoms with Gasteiger partial charge in [0, 0.05) is 44.9 Å². The number of carbonyl (C=O) groups excluding carboxylic acids is 1. The van der Waals surface area contributed by atoms with Crippen LogP contribution < -0.4 is 0 Å². The lowest BCUT2D eigenvalue weighted by Gasteiger charge is -2.31. The number of carbonyl (C=O) groups is 1. The fourth-order valence-electron chi connectivity index (χ4n) is 3.01. The van der Waals surface area contributed by atoms with E-state index in [0.717, 1.165) is 49.6 Å². The first-order valence-corrected chi connectivity index (χ1v) is 7.78. The minimum absolute atomic E-state index is 0.137. The molecule has 0 bridgehead atoms. The van der Waals surface area contributed by atoms with Crippen LogP contribution in [0.15, 0.2) is 24.7 Å². The largest absolute Gasteiger partial charge is 0.342 e. The number of aromatic nitrogens is 4. The molecule has 0 aliphatic carbocycles. The highest BCUT2D eigenvalue weighted by atomic mass is 16.2. The summed E-state index contributed by atoms with van der Waals surface area (Å²) in [4.78, 5) is 22.6. The number of rotatable bonds is 3. The van der Waals surface area contributed by atoms with Gasteiger partial charge in [-0.3, -0.25) is 14.5 Å². The lowest BCUT2D eigenvalue weighted by Crippen LogP contribution is -2.37. The van der Waals surface area contributed by atoms with Gasteiger partial charge >= 0.3 is 0 Å². The Morgan fingerprint density at radius 3 is 3.05 bits per heavy atom. The lowest BCUT2D eigenvalue weighted by molar-refractivity contribution is -0.130. The van der Waals surface area contributed by atoms with E-state index < -0.39 is 0 Å². The number of hydrogen-bond donors (Lipinski definition) is 0. The van der Waals surface area contributed by atoms with Gasteiger partial charge in [0.25, 0.3) is 0 Å². The maximum Gasteiger partial charge on any atom is 0.219 e. The summed E-state index contributed by atoms with van der Waals surface area (Å²) in [6.45, 7) is 6.07. The van der Waals surface area contributed by atoms with Crippen molar-refractivity contribution in [2.75, 3.05) is 13.1 Å². The van der Waals surface area contributed by atoms with Crippen molar-refractivity contribution < 1.29 is 4.79 Å². The molecule has 22 heavy (non-hydrogen) atoms. The first-order chi connectivity index (χ1) is 10.7. The molecular weight excluding hydrogens is 278 g/mol. The van der Waals surface area contributed by atoms with Crippen LogP contribution in [0.4, 0.5) is 0 Å². The second kappa shape index (κ2) is 6.25. The summed E-state index contributed by atoms with van der Waals surface area (Å²) in [5.74, 6) is 0.404. The molecule has 6 nitrogen and oxygen atoms in total. The monoisotopic (exact) mass is 299 g/mol. The quantitative estimate of drug-likeness (QED) is 0.870. The average molecular weight is 299 g/mol. The van der Waals surface area contributed by atoms with Crippen molar-refractivity contribution in [2.24, 2.45) is 0 Å². The predicted octanol–water partition coefficient (Wildman–Crippen LogP) is 2.09. The summed E-state index contributed by atoms with van der Waals surface area (Å²) in [7, 11) is 0. The molecule has 1 amide bonds. The van der Waals surface area contributed by atoms with Crippen molar-refractivity contribution >= 4 is 5.91 Å². The van der Waals surface area contributed by atoms with E-state index in [1.807, 2.05) is 21.8 Å². The van der Waals surface area contributed by atoms with E-state index in [1.165, 1.54) is 0 Å². The first-order valence-electron chi connectivity index (χ1n) is 7.78. The van der Waals surface area contributed by atoms with Crippen molar-refractivity contribution in [1.29, 1.82) is 0 Å². The molecule has 0 saturated carbocycles. The summed E-state index contributed by atoms with van der Waals surface area (Å²) >= 11 is 0. The minimum Gasteiger partial charge on any atom is -0.342 e. The van der Waals surface area contributed by atoms with Gasteiger partial charge < -0.3 is 4.90 Å². The molecule has 1 aliphatic heterocycles. The van der Waals surface area contributed by atoms with E-state index in [9.17, 15) is 4.79 Å². The Labute approximate surface area is 130 Å². The SMILES string of the molecule is CCn1nccc1-c1cncc(C2CCCN(C(C)=O)C2)n1. The van der Waals surface area contributed by atoms with E-state index in [-0.39, 0.29) is 11.8 Å². The molecule has 1 saturated heterocycles. The maximum absolute atomic E-state index is 11.6. The third-order valence-electron chi connectivity index (χ3n) is 4.22. The minimum atomic E-state index is 0.137. The number of nitrogens with zero attached hydrogens (tertiary/aromatic N) is 5. The van der Waals surface area contributed by atoms with Gasteiger partial charge in [0.05, 0.1) is 17.6 Å². The van der Waals surface area contributed by atoms with Gasteiger partial charge in [-0.1, -0.05) is 0 Å². The van der Waals surface area contributed by atoms with Crippen LogP contribution in [-0.2, 0) is 11.3 Å². The fourth-order valence-corrected chi connectivity index (χ4v) is 3.01. The zero-order valence-electron chi connectivity index (χ0n) is 13.1. The third kappa shape index (κ3) is 2.86. The lowest BCUT2D eigenvalue weighted by atomic mass is 9.95. The van der Waals surface area contributed by atoms with E-state index >= 15 is 0 Å². The predicted molar refractivity (Wildman–Crippen MR) is 83.2 cm³/mol. The highest BCUT2D eigenvalue weighted by Gasteiger charge is 2.24. The number of amides is 1. The van der Waals surface area contributed by atoms with Crippen molar-refractivity contribution in [3.05, 3.63) is 30.4 Å². The van der Waals surface area contributed by atoms with Gasteiger partial charge in [-0.15, -0.1) is 0 Å². The molecule has 3 rings (SSSR count). The van der Waals surface area contributed by atoms with E-state index in [2.05, 4.69) is 17.0 Å². The molecule has 2 aromatic rings. The molecule has 0 radical (unpaired) electrons. The number of likely N-dealkylation sites (tertiary alicyclic amines) is 1. The van der Waals surface area contributed by atoms with Crippen LogP contribution in [0.25, 0.3) is 11.4 Å². The zero-order chi connectivity index (χ0) is 15.5. The number of piperidine rings is 1. The Kier molecular flexibility index (Phi) is 4.18. The van der Waals surface area contributed by atoms with Crippen molar-refractivity contribution in [2.45, 2.75) is 39.2 Å². The fraction of sp³-hybridized carbons (Fsp3) is 0.500. The van der Waals surface area contributed by atoms with E-state index in [1.54, 1.807) is 19.3 Å². The zero-order valence-corrected chi connectivity index (χ0v) is 13.1. The molecule has 0 aromatic carbocycles. The van der Waals surface area contributed by atoms with Crippen molar-refractivity contribution in [1.82, 2.24) is 24.6 Å². The molecule has 0 N–H and O–H groups in total. The van der Waals surface area contributed by atoms with Crippen LogP contribution in [0, 0.1) is 0 Å². The molecule has 1 aliphatic rings. The topological polar surface area (TPSA) is 63.9 Å². The van der Waals surface area contributed by atoms with Crippen LogP contribution in [0.1, 0.15) is 38.3 Å². The molecule has 1 unspecified atom stereocenters. The van der Waals surface area contributed by atoms with Gasteiger partial charge in [-0.2, -0.15) is 5.10 Å². The second-order valence-corrected chi connectivity index (χ2v) is 5.67. The summed E-state index contributed by atoms with van der Waals surface area (Å²) in [6.07, 6.45) is 7.45. The van der Waals surface area contributed by atoms with Crippen LogP contribution in [-0.4, -0.2) is 43.6 Å². The molecule has 6 heteroatoms. The van der Waals surface area contributed by atoms with Gasteiger partial charge in [-0.25, -0.2) is 4.98 Å². The Morgan fingerprint density at radius 1 is 1.41 bits per heavy atom.